The molecule has 3 saturated carbocycles. The van der Waals surface area contributed by atoms with E-state index < -0.39 is 11.9 Å². The van der Waals surface area contributed by atoms with Gasteiger partial charge in [0.2, 0.25) is 0 Å². The third-order valence-electron chi connectivity index (χ3n) is 12.1. The van der Waals surface area contributed by atoms with Crippen LogP contribution in [0.25, 0.3) is 0 Å². The monoisotopic (exact) mass is 572 g/mol. The summed E-state index contributed by atoms with van der Waals surface area (Å²) in [7, 11) is 0. The third-order valence-corrected chi connectivity index (χ3v) is 12.1. The van der Waals surface area contributed by atoms with Gasteiger partial charge in [-0.3, -0.25) is 4.79 Å². The van der Waals surface area contributed by atoms with Gasteiger partial charge in [-0.1, -0.05) is 59.5 Å². The summed E-state index contributed by atoms with van der Waals surface area (Å²) in [6, 6.07) is 0. The number of carbonyl (C=O) groups excluding carboxylic acids is 2. The van der Waals surface area contributed by atoms with Gasteiger partial charge in [-0.05, 0) is 98.9 Å². The van der Waals surface area contributed by atoms with Gasteiger partial charge in [-0.25, -0.2) is 4.79 Å². The van der Waals surface area contributed by atoms with Gasteiger partial charge in [0.1, 0.15) is 12.2 Å². The molecule has 1 saturated heterocycles. The van der Waals surface area contributed by atoms with Gasteiger partial charge in [-0.15, -0.1) is 0 Å². The molecule has 0 aromatic rings. The molecule has 0 aromatic heterocycles. The molecule has 5 rings (SSSR count). The van der Waals surface area contributed by atoms with E-state index in [1.807, 2.05) is 13.8 Å². The van der Waals surface area contributed by atoms with Crippen LogP contribution < -0.4 is 0 Å². The van der Waals surface area contributed by atoms with Crippen LogP contribution in [0.4, 0.5) is 0 Å². The average molecular weight is 573 g/mol. The Morgan fingerprint density at radius 3 is 2.39 bits per heavy atom. The third kappa shape index (κ3) is 6.03. The highest BCUT2D eigenvalue weighted by Gasteiger charge is 2.62. The fourth-order valence-corrected chi connectivity index (χ4v) is 10.1. The van der Waals surface area contributed by atoms with Crippen LogP contribution in [0, 0.1) is 46.3 Å². The lowest BCUT2D eigenvalue weighted by atomic mass is 9.46. The van der Waals surface area contributed by atoms with Crippen LogP contribution in [0.15, 0.2) is 11.6 Å². The van der Waals surface area contributed by atoms with Crippen molar-refractivity contribution in [2.45, 2.75) is 144 Å². The van der Waals surface area contributed by atoms with Gasteiger partial charge < -0.3 is 18.9 Å². The van der Waals surface area contributed by atoms with Gasteiger partial charge in [0, 0.05) is 19.3 Å². The minimum Gasteiger partial charge on any atom is -0.460 e. The van der Waals surface area contributed by atoms with Crippen molar-refractivity contribution in [2.75, 3.05) is 6.61 Å². The molecule has 1 heterocycles. The molecular weight excluding hydrogens is 516 g/mol. The standard InChI is InChI=1S/C35H56O6/c1-21(2)10-9-11-22(3)26-12-13-27-31-28(15-17-35(26,27)8)34(7)16-14-25(18-24(34)19-29(31)39-23(4)36)40-32(37)30-20-38-33(5,6)41-30/h19,21-22,25-31H,9-18,20H2,1-8H3. The maximum atomic E-state index is 12.9. The first kappa shape index (κ1) is 31.0. The van der Waals surface area contributed by atoms with E-state index in [1.165, 1.54) is 50.5 Å². The van der Waals surface area contributed by atoms with Crippen molar-refractivity contribution in [2.24, 2.45) is 46.3 Å². The van der Waals surface area contributed by atoms with Crippen LogP contribution in [0.1, 0.15) is 120 Å². The van der Waals surface area contributed by atoms with Crippen molar-refractivity contribution in [3.05, 3.63) is 11.6 Å². The second-order valence-corrected chi connectivity index (χ2v) is 15.6. The summed E-state index contributed by atoms with van der Waals surface area (Å²) in [5.74, 6) is 2.41. The van der Waals surface area contributed by atoms with Crippen LogP contribution in [0.3, 0.4) is 0 Å². The minimum atomic E-state index is -0.756. The molecule has 0 spiro atoms. The Morgan fingerprint density at radius 1 is 0.976 bits per heavy atom. The van der Waals surface area contributed by atoms with Crippen molar-refractivity contribution in [3.63, 3.8) is 0 Å². The lowest BCUT2D eigenvalue weighted by Gasteiger charge is -2.59. The van der Waals surface area contributed by atoms with E-state index in [-0.39, 0.29) is 36.2 Å². The summed E-state index contributed by atoms with van der Waals surface area (Å²) >= 11 is 0. The Balaban J connectivity index is 1.34. The fourth-order valence-electron chi connectivity index (χ4n) is 10.1. The highest BCUT2D eigenvalue weighted by atomic mass is 16.8. The van der Waals surface area contributed by atoms with Crippen LogP contribution >= 0.6 is 0 Å². The van der Waals surface area contributed by atoms with Gasteiger partial charge in [0.15, 0.2) is 11.9 Å². The molecule has 6 heteroatoms. The highest BCUT2D eigenvalue weighted by Crippen LogP contribution is 2.67. The Bertz CT molecular complexity index is 1020. The minimum absolute atomic E-state index is 0.0570. The molecule has 4 fully saturated rings. The number of esters is 2. The van der Waals surface area contributed by atoms with Crippen LogP contribution in [0.5, 0.6) is 0 Å². The van der Waals surface area contributed by atoms with Crippen LogP contribution in [0.2, 0.25) is 0 Å². The number of hydrogen-bond acceptors (Lipinski definition) is 6. The maximum absolute atomic E-state index is 12.9. The highest BCUT2D eigenvalue weighted by molar-refractivity contribution is 5.75. The molecule has 232 valence electrons. The SMILES string of the molecule is CC(=O)OC1C=C2CC(OC(=O)C3COC(C)(C)O3)CCC2(C)C2CCC3(C)C(C(C)CCCC(C)C)CCC3C12. The quantitative estimate of drug-likeness (QED) is 0.220. The lowest BCUT2D eigenvalue weighted by molar-refractivity contribution is -0.176. The first-order valence-corrected chi connectivity index (χ1v) is 16.6. The largest absolute Gasteiger partial charge is 0.460 e. The molecule has 10 atom stereocenters. The summed E-state index contributed by atoms with van der Waals surface area (Å²) in [6.07, 6.45) is 12.8. The number of hydrogen-bond donors (Lipinski definition) is 0. The number of fused-ring (bicyclic) bond motifs is 5. The topological polar surface area (TPSA) is 71.1 Å². The Labute approximate surface area is 248 Å². The first-order valence-electron chi connectivity index (χ1n) is 16.6. The molecule has 6 nitrogen and oxygen atoms in total. The normalized spacial score (nSPS) is 42.1. The molecule has 0 amide bonds. The second kappa shape index (κ2) is 11.6. The predicted molar refractivity (Wildman–Crippen MR) is 159 cm³/mol. The van der Waals surface area contributed by atoms with Gasteiger partial charge in [0.05, 0.1) is 6.61 Å². The number of ether oxygens (including phenoxy) is 4. The molecule has 0 aromatic carbocycles. The van der Waals surface area contributed by atoms with Crippen molar-refractivity contribution >= 4 is 11.9 Å². The van der Waals surface area contributed by atoms with Gasteiger partial charge in [-0.2, -0.15) is 0 Å². The van der Waals surface area contributed by atoms with Crippen molar-refractivity contribution < 1.29 is 28.5 Å². The molecule has 1 aliphatic heterocycles. The van der Waals surface area contributed by atoms with Gasteiger partial charge in [0.25, 0.3) is 0 Å². The zero-order valence-electron chi connectivity index (χ0n) is 27.0. The van der Waals surface area contributed by atoms with Gasteiger partial charge >= 0.3 is 11.9 Å². The Morgan fingerprint density at radius 2 is 1.73 bits per heavy atom. The van der Waals surface area contributed by atoms with Crippen LogP contribution in [-0.4, -0.2) is 42.6 Å². The molecular formula is C35H56O6. The van der Waals surface area contributed by atoms with Crippen molar-refractivity contribution in [1.82, 2.24) is 0 Å². The van der Waals surface area contributed by atoms with Crippen LogP contribution in [-0.2, 0) is 28.5 Å². The number of rotatable bonds is 8. The van der Waals surface area contributed by atoms with E-state index in [0.29, 0.717) is 29.6 Å². The average Bonchev–Trinajstić information content (AvgIpc) is 3.43. The van der Waals surface area contributed by atoms with Crippen molar-refractivity contribution in [3.8, 4) is 0 Å². The number of carbonyl (C=O) groups is 2. The van der Waals surface area contributed by atoms with E-state index in [4.69, 9.17) is 18.9 Å². The maximum Gasteiger partial charge on any atom is 0.338 e. The second-order valence-electron chi connectivity index (χ2n) is 15.6. The van der Waals surface area contributed by atoms with E-state index >= 15 is 0 Å². The summed E-state index contributed by atoms with van der Waals surface area (Å²) in [5.41, 5.74) is 1.68. The molecule has 10 unspecified atom stereocenters. The van der Waals surface area contributed by atoms with E-state index in [0.717, 1.165) is 30.6 Å². The Hall–Kier alpha value is -1.40. The van der Waals surface area contributed by atoms with E-state index in [1.54, 1.807) is 6.92 Å². The molecule has 5 aliphatic rings. The van der Waals surface area contributed by atoms with Crippen molar-refractivity contribution in [1.29, 1.82) is 0 Å². The zero-order chi connectivity index (χ0) is 29.7. The summed E-state index contributed by atoms with van der Waals surface area (Å²) < 4.78 is 23.5. The predicted octanol–water partition coefficient (Wildman–Crippen LogP) is 7.63. The summed E-state index contributed by atoms with van der Waals surface area (Å²) in [6.45, 7) is 17.6. The molecule has 0 N–H and O–H groups in total. The summed E-state index contributed by atoms with van der Waals surface area (Å²) in [5, 5.41) is 0. The lowest BCUT2D eigenvalue weighted by Crippen LogP contribution is -2.55. The molecule has 0 radical (unpaired) electrons. The molecule has 41 heavy (non-hydrogen) atoms. The van der Waals surface area contributed by atoms with E-state index in [9.17, 15) is 9.59 Å². The fraction of sp³-hybridized carbons (Fsp3) is 0.886. The first-order chi connectivity index (χ1) is 19.2. The zero-order valence-corrected chi connectivity index (χ0v) is 27.0. The summed E-state index contributed by atoms with van der Waals surface area (Å²) in [4.78, 5) is 25.3. The van der Waals surface area contributed by atoms with E-state index in [2.05, 4.69) is 40.7 Å². The Kier molecular flexibility index (Phi) is 8.78. The smallest absolute Gasteiger partial charge is 0.338 e. The molecule has 0 bridgehead atoms. The molecule has 4 aliphatic carbocycles.